The Morgan fingerprint density at radius 1 is 1.33 bits per heavy atom. The van der Waals surface area contributed by atoms with Crippen LogP contribution in [0, 0.1) is 22.7 Å². The van der Waals surface area contributed by atoms with E-state index in [0.717, 1.165) is 18.5 Å². The monoisotopic (exact) mass is 218 g/mol. The first kappa shape index (κ1) is 11.6. The molecule has 0 aromatic heterocycles. The number of hydrogen-bond acceptors (Lipinski definition) is 4. The summed E-state index contributed by atoms with van der Waals surface area (Å²) >= 11 is 1.15. The number of hydrogen-bond donors (Lipinski definition) is 0. The number of nitriles is 2. The maximum Gasteiger partial charge on any atom is 0.102 e. The fourth-order valence-corrected chi connectivity index (χ4v) is 1.75. The minimum atomic E-state index is 0.390. The Morgan fingerprint density at radius 2 is 2.13 bits per heavy atom. The zero-order valence-corrected chi connectivity index (χ0v) is 9.17. The van der Waals surface area contributed by atoms with E-state index in [2.05, 4.69) is 0 Å². The van der Waals surface area contributed by atoms with E-state index in [0.29, 0.717) is 22.6 Å². The highest BCUT2D eigenvalue weighted by Crippen LogP contribution is 2.25. The molecule has 0 atom stereocenters. The molecule has 15 heavy (non-hydrogen) atoms. The van der Waals surface area contributed by atoms with Gasteiger partial charge in [-0.25, -0.2) is 0 Å². The highest BCUT2D eigenvalue weighted by atomic mass is 32.2. The summed E-state index contributed by atoms with van der Waals surface area (Å²) in [6, 6.07) is 9.16. The first-order valence-electron chi connectivity index (χ1n) is 4.56. The fraction of sp³-hybridized carbons (Fsp3) is 0.273. The van der Waals surface area contributed by atoms with Crippen LogP contribution >= 0.6 is 12.0 Å². The first-order valence-corrected chi connectivity index (χ1v) is 5.30. The Morgan fingerprint density at radius 3 is 2.73 bits per heavy atom. The summed E-state index contributed by atoms with van der Waals surface area (Å²) in [5.74, 6) is 0. The van der Waals surface area contributed by atoms with Gasteiger partial charge in [-0.2, -0.15) is 10.5 Å². The summed E-state index contributed by atoms with van der Waals surface area (Å²) in [6.07, 6.45) is 0.923. The molecule has 0 amide bonds. The van der Waals surface area contributed by atoms with Crippen molar-refractivity contribution in [1.29, 1.82) is 10.5 Å². The molecule has 0 aliphatic heterocycles. The molecule has 4 heteroatoms. The molecule has 0 spiro atoms. The van der Waals surface area contributed by atoms with Gasteiger partial charge in [-0.3, -0.25) is 0 Å². The summed E-state index contributed by atoms with van der Waals surface area (Å²) in [6.45, 7) is 2.64. The van der Waals surface area contributed by atoms with Crippen LogP contribution in [-0.2, 0) is 4.18 Å². The minimum Gasteiger partial charge on any atom is -0.310 e. The molecule has 1 aromatic carbocycles. The van der Waals surface area contributed by atoms with Gasteiger partial charge in [0.05, 0.1) is 22.6 Å². The van der Waals surface area contributed by atoms with Crippen LogP contribution < -0.4 is 0 Å². The Kier molecular flexibility index (Phi) is 4.70. The van der Waals surface area contributed by atoms with Crippen LogP contribution in [0.5, 0.6) is 0 Å². The lowest BCUT2D eigenvalue weighted by molar-refractivity contribution is 0.373. The molecule has 76 valence electrons. The largest absolute Gasteiger partial charge is 0.310 e. The van der Waals surface area contributed by atoms with Crippen molar-refractivity contribution in [2.24, 2.45) is 0 Å². The highest BCUT2D eigenvalue weighted by Gasteiger charge is 2.08. The van der Waals surface area contributed by atoms with Gasteiger partial charge in [-0.15, -0.1) is 0 Å². The number of benzene rings is 1. The van der Waals surface area contributed by atoms with E-state index in [1.54, 1.807) is 18.2 Å². The molecule has 0 radical (unpaired) electrons. The van der Waals surface area contributed by atoms with Gasteiger partial charge in [0.15, 0.2) is 0 Å². The molecule has 0 fully saturated rings. The second-order valence-corrected chi connectivity index (χ2v) is 3.65. The molecule has 0 aliphatic rings. The topological polar surface area (TPSA) is 56.8 Å². The molecule has 0 heterocycles. The van der Waals surface area contributed by atoms with Crippen molar-refractivity contribution in [3.8, 4) is 12.1 Å². The van der Waals surface area contributed by atoms with Crippen LogP contribution in [-0.4, -0.2) is 6.61 Å². The Balaban J connectivity index is 2.89. The molecule has 0 aliphatic carbocycles. The second kappa shape index (κ2) is 6.08. The van der Waals surface area contributed by atoms with Crippen LogP contribution in [0.25, 0.3) is 0 Å². The minimum absolute atomic E-state index is 0.390. The Bertz CT molecular complexity index is 418. The number of nitrogens with zero attached hydrogens (tertiary/aromatic N) is 2. The maximum atomic E-state index is 8.92. The molecular weight excluding hydrogens is 208 g/mol. The smallest absolute Gasteiger partial charge is 0.102 e. The van der Waals surface area contributed by atoms with Crippen molar-refractivity contribution >= 4 is 12.0 Å². The van der Waals surface area contributed by atoms with E-state index in [-0.39, 0.29) is 0 Å². The van der Waals surface area contributed by atoms with Gasteiger partial charge in [-0.05, 0) is 18.6 Å². The average Bonchev–Trinajstić information content (AvgIpc) is 2.29. The zero-order valence-electron chi connectivity index (χ0n) is 8.36. The average molecular weight is 218 g/mol. The normalized spacial score (nSPS) is 9.27. The molecule has 0 saturated carbocycles. The van der Waals surface area contributed by atoms with Crippen molar-refractivity contribution in [1.82, 2.24) is 0 Å². The summed E-state index contributed by atoms with van der Waals surface area (Å²) in [7, 11) is 0. The third kappa shape index (κ3) is 2.99. The van der Waals surface area contributed by atoms with E-state index in [1.807, 2.05) is 19.1 Å². The lowest BCUT2D eigenvalue weighted by atomic mass is 10.1. The second-order valence-electron chi connectivity index (χ2n) is 2.81. The molecule has 0 N–H and O–H groups in total. The third-order valence-electron chi connectivity index (χ3n) is 1.69. The van der Waals surface area contributed by atoms with Gasteiger partial charge in [0.25, 0.3) is 0 Å². The number of rotatable bonds is 4. The van der Waals surface area contributed by atoms with Crippen molar-refractivity contribution < 1.29 is 4.18 Å². The SMILES string of the molecule is CCCOSc1cccc(C#N)c1C#N. The van der Waals surface area contributed by atoms with Gasteiger partial charge in [0, 0.05) is 12.0 Å². The van der Waals surface area contributed by atoms with E-state index in [4.69, 9.17) is 14.7 Å². The van der Waals surface area contributed by atoms with Crippen LogP contribution in [0.4, 0.5) is 0 Å². The van der Waals surface area contributed by atoms with Gasteiger partial charge in [-0.1, -0.05) is 13.0 Å². The molecular formula is C11H10N2OS. The van der Waals surface area contributed by atoms with E-state index in [9.17, 15) is 0 Å². The predicted octanol–water partition coefficient (Wildman–Crippen LogP) is 2.86. The van der Waals surface area contributed by atoms with Crippen molar-refractivity contribution in [2.75, 3.05) is 6.61 Å². The van der Waals surface area contributed by atoms with Crippen molar-refractivity contribution in [3.63, 3.8) is 0 Å². The lowest BCUT2D eigenvalue weighted by Crippen LogP contribution is -1.89. The van der Waals surface area contributed by atoms with Gasteiger partial charge < -0.3 is 4.18 Å². The lowest BCUT2D eigenvalue weighted by Gasteiger charge is -2.03. The van der Waals surface area contributed by atoms with E-state index in [1.165, 1.54) is 0 Å². The van der Waals surface area contributed by atoms with Crippen molar-refractivity contribution in [2.45, 2.75) is 18.2 Å². The molecule has 1 aromatic rings. The van der Waals surface area contributed by atoms with E-state index < -0.39 is 0 Å². The van der Waals surface area contributed by atoms with E-state index >= 15 is 0 Å². The Hall–Kier alpha value is -1.49. The van der Waals surface area contributed by atoms with Crippen LogP contribution in [0.1, 0.15) is 24.5 Å². The maximum absolute atomic E-state index is 8.92. The predicted molar refractivity (Wildman–Crippen MR) is 58.0 cm³/mol. The molecule has 1 rings (SSSR count). The first-order chi connectivity index (χ1) is 7.33. The van der Waals surface area contributed by atoms with Gasteiger partial charge in [0.2, 0.25) is 0 Å². The summed E-state index contributed by atoms with van der Waals surface area (Å²) in [4.78, 5) is 0.699. The highest BCUT2D eigenvalue weighted by molar-refractivity contribution is 7.94. The molecule has 0 saturated heterocycles. The third-order valence-corrected chi connectivity index (χ3v) is 2.50. The zero-order chi connectivity index (χ0) is 11.1. The molecule has 0 unspecified atom stereocenters. The van der Waals surface area contributed by atoms with Crippen LogP contribution in [0.15, 0.2) is 23.1 Å². The van der Waals surface area contributed by atoms with Gasteiger partial charge in [0.1, 0.15) is 12.1 Å². The fourth-order valence-electron chi connectivity index (χ4n) is 0.998. The Labute approximate surface area is 93.5 Å². The quantitative estimate of drug-likeness (QED) is 0.576. The summed E-state index contributed by atoms with van der Waals surface area (Å²) < 4.78 is 5.27. The molecule has 3 nitrogen and oxygen atoms in total. The molecule has 0 bridgehead atoms. The van der Waals surface area contributed by atoms with Crippen LogP contribution in [0.2, 0.25) is 0 Å². The van der Waals surface area contributed by atoms with Crippen LogP contribution in [0.3, 0.4) is 0 Å². The van der Waals surface area contributed by atoms with Gasteiger partial charge >= 0.3 is 0 Å². The summed E-state index contributed by atoms with van der Waals surface area (Å²) in [5, 5.41) is 17.7. The van der Waals surface area contributed by atoms with Crippen molar-refractivity contribution in [3.05, 3.63) is 29.3 Å². The summed E-state index contributed by atoms with van der Waals surface area (Å²) in [5.41, 5.74) is 0.781. The standard InChI is InChI=1S/C11H10N2OS/c1-2-6-14-15-11-5-3-4-9(7-12)10(11)8-13/h3-5H,2,6H2,1H3.